The molecule has 1 fully saturated rings. The molecule has 0 saturated heterocycles. The molecule has 0 spiro atoms. The molecule has 1 aliphatic rings. The molecular formula is C17H32O5. The molecule has 130 valence electrons. The lowest BCUT2D eigenvalue weighted by Gasteiger charge is -2.46. The van der Waals surface area contributed by atoms with Crippen LogP contribution >= 0.6 is 0 Å². The predicted octanol–water partition coefficient (Wildman–Crippen LogP) is 2.97. The molecule has 0 aromatic carbocycles. The van der Waals surface area contributed by atoms with Crippen LogP contribution < -0.4 is 0 Å². The number of hydrogen-bond donors (Lipinski definition) is 1. The Bertz CT molecular complexity index is 331. The van der Waals surface area contributed by atoms with Gasteiger partial charge in [0.1, 0.15) is 0 Å². The minimum absolute atomic E-state index is 0.268. The summed E-state index contributed by atoms with van der Waals surface area (Å²) in [4.78, 5) is 11.8. The fourth-order valence-corrected chi connectivity index (χ4v) is 3.65. The van der Waals surface area contributed by atoms with E-state index in [0.29, 0.717) is 32.3 Å². The van der Waals surface area contributed by atoms with Crippen LogP contribution in [0.3, 0.4) is 0 Å². The van der Waals surface area contributed by atoms with Crippen molar-refractivity contribution in [1.29, 1.82) is 0 Å². The van der Waals surface area contributed by atoms with Gasteiger partial charge in [0.2, 0.25) is 0 Å². The lowest BCUT2D eigenvalue weighted by atomic mass is 9.61. The van der Waals surface area contributed by atoms with Crippen molar-refractivity contribution in [3.8, 4) is 0 Å². The van der Waals surface area contributed by atoms with Crippen LogP contribution in [0, 0.1) is 17.3 Å². The Morgan fingerprint density at radius 2 is 1.95 bits per heavy atom. The summed E-state index contributed by atoms with van der Waals surface area (Å²) in [6.45, 7) is 8.20. The highest BCUT2D eigenvalue weighted by Crippen LogP contribution is 2.48. The van der Waals surface area contributed by atoms with Crippen LogP contribution in [0.5, 0.6) is 0 Å². The highest BCUT2D eigenvalue weighted by Gasteiger charge is 2.48. The summed E-state index contributed by atoms with van der Waals surface area (Å²) < 4.78 is 16.0. The number of carboxylic acids is 1. The number of carboxylic acid groups (broad SMARTS) is 1. The van der Waals surface area contributed by atoms with Crippen LogP contribution in [-0.4, -0.2) is 50.7 Å². The van der Waals surface area contributed by atoms with Gasteiger partial charge in [-0.25, -0.2) is 4.79 Å². The van der Waals surface area contributed by atoms with Gasteiger partial charge in [-0.2, -0.15) is 0 Å². The zero-order valence-electron chi connectivity index (χ0n) is 14.5. The molecule has 3 atom stereocenters. The number of ether oxygens (including phenoxy) is 3. The lowest BCUT2D eigenvalue weighted by Crippen LogP contribution is -2.49. The van der Waals surface area contributed by atoms with Gasteiger partial charge in [0, 0.05) is 12.5 Å². The fourth-order valence-electron chi connectivity index (χ4n) is 3.65. The molecule has 0 heterocycles. The summed E-state index contributed by atoms with van der Waals surface area (Å²) in [5.74, 6) is -0.00926. The Kier molecular flexibility index (Phi) is 8.36. The van der Waals surface area contributed by atoms with Gasteiger partial charge in [0.25, 0.3) is 0 Å². The summed E-state index contributed by atoms with van der Waals surface area (Å²) in [6.07, 6.45) is 3.36. The van der Waals surface area contributed by atoms with Crippen LogP contribution in [-0.2, 0) is 19.0 Å². The monoisotopic (exact) mass is 316 g/mol. The van der Waals surface area contributed by atoms with Crippen LogP contribution in [0.2, 0.25) is 0 Å². The molecule has 22 heavy (non-hydrogen) atoms. The minimum atomic E-state index is -0.848. The maximum Gasteiger partial charge on any atom is 0.333 e. The van der Waals surface area contributed by atoms with Gasteiger partial charge in [0.15, 0.2) is 6.10 Å². The predicted molar refractivity (Wildman–Crippen MR) is 85.0 cm³/mol. The summed E-state index contributed by atoms with van der Waals surface area (Å²) in [5.41, 5.74) is -0.268. The number of carbonyl (C=O) groups is 1. The van der Waals surface area contributed by atoms with E-state index in [9.17, 15) is 9.90 Å². The maximum absolute atomic E-state index is 11.8. The quantitative estimate of drug-likeness (QED) is 0.628. The first kappa shape index (κ1) is 19.4. The molecule has 5 nitrogen and oxygen atoms in total. The van der Waals surface area contributed by atoms with Gasteiger partial charge in [-0.05, 0) is 24.7 Å². The standard InChI is InChI=1S/C17H32O5/c1-13(2)17(7-5-6-14(3)12-17)15(16(18)19)22-11-10-21-9-8-20-4/h13-15H,5-12H2,1-4H3,(H,18,19)/t14-,15-,17?/m1/s1. The second-order valence-electron chi connectivity index (χ2n) is 6.78. The first-order valence-corrected chi connectivity index (χ1v) is 8.35. The smallest absolute Gasteiger partial charge is 0.333 e. The van der Waals surface area contributed by atoms with E-state index in [4.69, 9.17) is 14.2 Å². The van der Waals surface area contributed by atoms with Crippen LogP contribution in [0.4, 0.5) is 0 Å². The van der Waals surface area contributed by atoms with Crippen molar-refractivity contribution in [2.45, 2.75) is 52.6 Å². The first-order chi connectivity index (χ1) is 10.4. The highest BCUT2D eigenvalue weighted by atomic mass is 16.6. The SMILES string of the molecule is COCCOCCO[C@H](C(=O)O)C1(C(C)C)CCC[C@@H](C)C1. The number of hydrogen-bond acceptors (Lipinski definition) is 4. The fraction of sp³-hybridized carbons (Fsp3) is 0.941. The Morgan fingerprint density at radius 3 is 2.50 bits per heavy atom. The van der Waals surface area contributed by atoms with Gasteiger partial charge in [0.05, 0.1) is 26.4 Å². The van der Waals surface area contributed by atoms with Crippen molar-refractivity contribution in [1.82, 2.24) is 0 Å². The average Bonchev–Trinajstić information content (AvgIpc) is 2.45. The molecule has 1 N–H and O–H groups in total. The van der Waals surface area contributed by atoms with Crippen molar-refractivity contribution in [3.63, 3.8) is 0 Å². The van der Waals surface area contributed by atoms with E-state index in [-0.39, 0.29) is 11.3 Å². The second-order valence-corrected chi connectivity index (χ2v) is 6.78. The van der Waals surface area contributed by atoms with Gasteiger partial charge < -0.3 is 19.3 Å². The number of rotatable bonds is 10. The molecule has 1 aliphatic carbocycles. The van der Waals surface area contributed by atoms with E-state index in [1.54, 1.807) is 7.11 Å². The molecule has 0 aromatic rings. The topological polar surface area (TPSA) is 65.0 Å². The Hall–Kier alpha value is -0.650. The van der Waals surface area contributed by atoms with E-state index < -0.39 is 12.1 Å². The van der Waals surface area contributed by atoms with Crippen LogP contribution in [0.1, 0.15) is 46.5 Å². The van der Waals surface area contributed by atoms with E-state index in [1.165, 1.54) is 6.42 Å². The zero-order chi connectivity index (χ0) is 16.6. The normalized spacial score (nSPS) is 27.0. The second kappa shape index (κ2) is 9.48. The van der Waals surface area contributed by atoms with Gasteiger partial charge in [-0.3, -0.25) is 0 Å². The van der Waals surface area contributed by atoms with Gasteiger partial charge >= 0.3 is 5.97 Å². The third-order valence-corrected chi connectivity index (χ3v) is 4.91. The van der Waals surface area contributed by atoms with E-state index in [2.05, 4.69) is 20.8 Å². The van der Waals surface area contributed by atoms with Crippen LogP contribution in [0.15, 0.2) is 0 Å². The van der Waals surface area contributed by atoms with Crippen molar-refractivity contribution < 1.29 is 24.1 Å². The number of aliphatic carboxylic acids is 1. The minimum Gasteiger partial charge on any atom is -0.479 e. The molecule has 0 bridgehead atoms. The van der Waals surface area contributed by atoms with Gasteiger partial charge in [-0.15, -0.1) is 0 Å². The Morgan fingerprint density at radius 1 is 1.27 bits per heavy atom. The molecule has 1 unspecified atom stereocenters. The van der Waals surface area contributed by atoms with Crippen LogP contribution in [0.25, 0.3) is 0 Å². The molecule has 0 radical (unpaired) electrons. The van der Waals surface area contributed by atoms with Crippen molar-refractivity contribution in [3.05, 3.63) is 0 Å². The third-order valence-electron chi connectivity index (χ3n) is 4.91. The number of methoxy groups -OCH3 is 1. The van der Waals surface area contributed by atoms with Crippen molar-refractivity contribution >= 4 is 5.97 Å². The Labute approximate surface area is 134 Å². The van der Waals surface area contributed by atoms with E-state index >= 15 is 0 Å². The maximum atomic E-state index is 11.8. The summed E-state index contributed by atoms with van der Waals surface area (Å²) in [6, 6.07) is 0. The summed E-state index contributed by atoms with van der Waals surface area (Å²) in [5, 5.41) is 9.68. The van der Waals surface area contributed by atoms with Crippen molar-refractivity contribution in [2.75, 3.05) is 33.5 Å². The zero-order valence-corrected chi connectivity index (χ0v) is 14.5. The first-order valence-electron chi connectivity index (χ1n) is 8.35. The molecular weight excluding hydrogens is 284 g/mol. The highest BCUT2D eigenvalue weighted by molar-refractivity contribution is 5.73. The lowest BCUT2D eigenvalue weighted by molar-refractivity contribution is -0.171. The molecule has 1 saturated carbocycles. The summed E-state index contributed by atoms with van der Waals surface area (Å²) in [7, 11) is 1.62. The summed E-state index contributed by atoms with van der Waals surface area (Å²) >= 11 is 0. The molecule has 0 amide bonds. The molecule has 5 heteroatoms. The molecule has 0 aromatic heterocycles. The molecule has 0 aliphatic heterocycles. The third kappa shape index (κ3) is 5.21. The Balaban J connectivity index is 2.64. The largest absolute Gasteiger partial charge is 0.479 e. The van der Waals surface area contributed by atoms with Gasteiger partial charge in [-0.1, -0.05) is 33.6 Å². The van der Waals surface area contributed by atoms with E-state index in [0.717, 1.165) is 19.3 Å². The molecule has 1 rings (SSSR count). The van der Waals surface area contributed by atoms with Crippen molar-refractivity contribution in [2.24, 2.45) is 17.3 Å². The van der Waals surface area contributed by atoms with E-state index in [1.807, 2.05) is 0 Å². The average molecular weight is 316 g/mol.